The first-order chi connectivity index (χ1) is 8.93. The molecule has 100 valence electrons. The highest BCUT2D eigenvalue weighted by atomic mass is 16.7. The van der Waals surface area contributed by atoms with E-state index in [2.05, 4.69) is 6.07 Å². The topological polar surface area (TPSA) is 53.3 Å². The van der Waals surface area contributed by atoms with E-state index in [1.54, 1.807) is 12.1 Å². The maximum Gasteiger partial charge on any atom is 0.252 e. The first kappa shape index (κ1) is 13.6. The van der Waals surface area contributed by atoms with Crippen LogP contribution in [0.3, 0.4) is 0 Å². The molecular formula is C15H18N2O2. The summed E-state index contributed by atoms with van der Waals surface area (Å²) < 4.78 is 0. The summed E-state index contributed by atoms with van der Waals surface area (Å²) in [6.07, 6.45) is 0.785. The van der Waals surface area contributed by atoms with E-state index in [4.69, 9.17) is 10.1 Å². The number of carbonyl (C=O) groups is 1. The normalized spacial score (nSPS) is 19.3. The molecule has 1 atom stereocenters. The van der Waals surface area contributed by atoms with Gasteiger partial charge in [0.15, 0.2) is 0 Å². The maximum atomic E-state index is 12.3. The number of carbonyl (C=O) groups excluding carboxylic acids is 1. The zero-order valence-electron chi connectivity index (χ0n) is 11.5. The third kappa shape index (κ3) is 2.77. The third-order valence-electron chi connectivity index (χ3n) is 3.17. The van der Waals surface area contributed by atoms with Crippen molar-refractivity contribution in [2.75, 3.05) is 6.61 Å². The Morgan fingerprint density at radius 2 is 2.00 bits per heavy atom. The average molecular weight is 258 g/mol. The van der Waals surface area contributed by atoms with Crippen LogP contribution in [0.15, 0.2) is 24.3 Å². The van der Waals surface area contributed by atoms with E-state index in [1.165, 1.54) is 5.06 Å². The molecule has 19 heavy (non-hydrogen) atoms. The molecule has 1 aliphatic heterocycles. The largest absolute Gasteiger partial charge is 0.272 e. The molecule has 0 N–H and O–H groups in total. The lowest BCUT2D eigenvalue weighted by Gasteiger charge is -2.29. The van der Waals surface area contributed by atoms with E-state index in [0.29, 0.717) is 12.2 Å². The van der Waals surface area contributed by atoms with Gasteiger partial charge in [0.25, 0.3) is 5.91 Å². The van der Waals surface area contributed by atoms with E-state index in [9.17, 15) is 4.79 Å². The minimum Gasteiger partial charge on any atom is -0.272 e. The fourth-order valence-corrected chi connectivity index (χ4v) is 2.08. The molecule has 4 nitrogen and oxygen atoms in total. The molecule has 1 fully saturated rings. The Morgan fingerprint density at radius 1 is 1.37 bits per heavy atom. The van der Waals surface area contributed by atoms with Gasteiger partial charge in [0.1, 0.15) is 0 Å². The van der Waals surface area contributed by atoms with E-state index < -0.39 is 5.41 Å². The van der Waals surface area contributed by atoms with Crippen molar-refractivity contribution in [1.29, 1.82) is 5.26 Å². The number of hydroxylamine groups is 2. The molecule has 1 amide bonds. The Hall–Kier alpha value is -1.86. The van der Waals surface area contributed by atoms with Crippen molar-refractivity contribution in [2.45, 2.75) is 33.2 Å². The average Bonchev–Trinajstić information content (AvgIpc) is 2.85. The molecule has 1 heterocycles. The fourth-order valence-electron chi connectivity index (χ4n) is 2.08. The van der Waals surface area contributed by atoms with Gasteiger partial charge in [-0.2, -0.15) is 5.26 Å². The molecule has 1 saturated heterocycles. The van der Waals surface area contributed by atoms with Gasteiger partial charge >= 0.3 is 0 Å². The highest BCUT2D eigenvalue weighted by molar-refractivity contribution is 5.81. The van der Waals surface area contributed by atoms with Crippen LogP contribution < -0.4 is 0 Å². The molecule has 0 radical (unpaired) electrons. The van der Waals surface area contributed by atoms with Gasteiger partial charge in [0.2, 0.25) is 0 Å². The van der Waals surface area contributed by atoms with Crippen LogP contribution in [0.25, 0.3) is 0 Å². The molecule has 0 saturated carbocycles. The smallest absolute Gasteiger partial charge is 0.252 e. The van der Waals surface area contributed by atoms with Crippen LogP contribution in [0.5, 0.6) is 0 Å². The van der Waals surface area contributed by atoms with Crippen LogP contribution >= 0.6 is 0 Å². The van der Waals surface area contributed by atoms with Crippen LogP contribution in [0, 0.1) is 16.7 Å². The molecule has 1 aliphatic rings. The van der Waals surface area contributed by atoms with Gasteiger partial charge in [-0.3, -0.25) is 9.63 Å². The van der Waals surface area contributed by atoms with Crippen molar-refractivity contribution >= 4 is 5.91 Å². The Bertz CT molecular complexity index is 508. The summed E-state index contributed by atoms with van der Waals surface area (Å²) in [5, 5.41) is 10.3. The summed E-state index contributed by atoms with van der Waals surface area (Å²) in [5.74, 6) is -0.0145. The molecule has 1 aromatic carbocycles. The molecular weight excluding hydrogens is 240 g/mol. The molecule has 4 heteroatoms. The van der Waals surface area contributed by atoms with Gasteiger partial charge in [-0.1, -0.05) is 32.9 Å². The van der Waals surface area contributed by atoms with Crippen molar-refractivity contribution in [3.63, 3.8) is 0 Å². The second kappa shape index (κ2) is 5.02. The Balaban J connectivity index is 2.23. The Kier molecular flexibility index (Phi) is 3.59. The lowest BCUT2D eigenvalue weighted by Crippen LogP contribution is -2.38. The van der Waals surface area contributed by atoms with E-state index in [-0.39, 0.29) is 11.9 Å². The predicted molar refractivity (Wildman–Crippen MR) is 70.8 cm³/mol. The SMILES string of the molecule is CC(C)(C)C(=O)N1OCC[C@H]1c1ccc(C#N)cc1. The molecule has 2 rings (SSSR count). The fraction of sp³-hybridized carbons (Fsp3) is 0.467. The van der Waals surface area contributed by atoms with Gasteiger partial charge in [-0.25, -0.2) is 5.06 Å². The Morgan fingerprint density at radius 3 is 2.53 bits per heavy atom. The van der Waals surface area contributed by atoms with Gasteiger partial charge < -0.3 is 0 Å². The van der Waals surface area contributed by atoms with Crippen LogP contribution in [-0.4, -0.2) is 17.6 Å². The summed E-state index contributed by atoms with van der Waals surface area (Å²) in [5.41, 5.74) is 1.17. The number of hydrogen-bond acceptors (Lipinski definition) is 3. The highest BCUT2D eigenvalue weighted by Crippen LogP contribution is 2.33. The number of nitrogens with zero attached hydrogens (tertiary/aromatic N) is 2. The first-order valence-corrected chi connectivity index (χ1v) is 6.40. The lowest BCUT2D eigenvalue weighted by molar-refractivity contribution is -0.186. The molecule has 0 bridgehead atoms. The molecule has 0 aliphatic carbocycles. The minimum atomic E-state index is -0.463. The number of nitriles is 1. The van der Waals surface area contributed by atoms with Crippen LogP contribution in [0.2, 0.25) is 0 Å². The van der Waals surface area contributed by atoms with E-state index in [0.717, 1.165) is 12.0 Å². The maximum absolute atomic E-state index is 12.3. The van der Waals surface area contributed by atoms with Gasteiger partial charge in [0.05, 0.1) is 24.3 Å². The standard InChI is InChI=1S/C15H18N2O2/c1-15(2,3)14(18)17-13(8-9-19-17)12-6-4-11(10-16)5-7-12/h4-7,13H,8-9H2,1-3H3/t13-/m0/s1. The molecule has 0 spiro atoms. The predicted octanol–water partition coefficient (Wildman–Crippen LogP) is 2.81. The summed E-state index contributed by atoms with van der Waals surface area (Å²) >= 11 is 0. The summed E-state index contributed by atoms with van der Waals surface area (Å²) in [6.45, 7) is 6.19. The number of benzene rings is 1. The number of amides is 1. The van der Waals surface area contributed by atoms with E-state index in [1.807, 2.05) is 32.9 Å². The van der Waals surface area contributed by atoms with Crippen molar-refractivity contribution in [3.05, 3.63) is 35.4 Å². The summed E-state index contributed by atoms with van der Waals surface area (Å²) in [4.78, 5) is 17.8. The Labute approximate surface area is 113 Å². The minimum absolute atomic E-state index is 0.0145. The molecule has 0 aromatic heterocycles. The zero-order chi connectivity index (χ0) is 14.0. The summed E-state index contributed by atoms with van der Waals surface area (Å²) in [7, 11) is 0. The first-order valence-electron chi connectivity index (χ1n) is 6.40. The van der Waals surface area contributed by atoms with Gasteiger partial charge in [-0.15, -0.1) is 0 Å². The van der Waals surface area contributed by atoms with Crippen LogP contribution in [0.1, 0.15) is 44.4 Å². The number of rotatable bonds is 1. The van der Waals surface area contributed by atoms with Crippen molar-refractivity contribution in [2.24, 2.45) is 5.41 Å². The number of hydrogen-bond donors (Lipinski definition) is 0. The second-order valence-electron chi connectivity index (χ2n) is 5.75. The van der Waals surface area contributed by atoms with Gasteiger partial charge in [0, 0.05) is 11.8 Å². The lowest BCUT2D eigenvalue weighted by atomic mass is 9.94. The molecule has 0 unspecified atom stereocenters. The van der Waals surface area contributed by atoms with Crippen LogP contribution in [-0.2, 0) is 9.63 Å². The monoisotopic (exact) mass is 258 g/mol. The van der Waals surface area contributed by atoms with Crippen molar-refractivity contribution in [1.82, 2.24) is 5.06 Å². The zero-order valence-corrected chi connectivity index (χ0v) is 11.5. The van der Waals surface area contributed by atoms with Crippen molar-refractivity contribution in [3.8, 4) is 6.07 Å². The van der Waals surface area contributed by atoms with Crippen molar-refractivity contribution < 1.29 is 9.63 Å². The highest BCUT2D eigenvalue weighted by Gasteiger charge is 2.37. The van der Waals surface area contributed by atoms with Crippen LogP contribution in [0.4, 0.5) is 0 Å². The van der Waals surface area contributed by atoms with E-state index >= 15 is 0 Å². The third-order valence-corrected chi connectivity index (χ3v) is 3.17. The molecule has 1 aromatic rings. The van der Waals surface area contributed by atoms with Gasteiger partial charge in [-0.05, 0) is 17.7 Å². The second-order valence-corrected chi connectivity index (χ2v) is 5.75. The summed E-state index contributed by atoms with van der Waals surface area (Å²) in [6, 6.07) is 9.36. The quantitative estimate of drug-likeness (QED) is 0.778.